The van der Waals surface area contributed by atoms with Crippen LogP contribution in [0, 0.1) is 6.92 Å². The molecular formula is C13H20N4O4. The van der Waals surface area contributed by atoms with Crippen LogP contribution in [0.1, 0.15) is 24.4 Å². The largest absolute Gasteiger partial charge is 0.389 e. The first kappa shape index (κ1) is 15.5. The van der Waals surface area contributed by atoms with Crippen LogP contribution in [0.5, 0.6) is 0 Å². The van der Waals surface area contributed by atoms with Gasteiger partial charge >= 0.3 is 5.69 Å². The van der Waals surface area contributed by atoms with Gasteiger partial charge in [-0.3, -0.25) is 19.1 Å². The van der Waals surface area contributed by atoms with Gasteiger partial charge in [0.2, 0.25) is 5.91 Å². The van der Waals surface area contributed by atoms with Crippen molar-refractivity contribution < 1.29 is 9.90 Å². The van der Waals surface area contributed by atoms with Crippen molar-refractivity contribution in [2.24, 2.45) is 5.73 Å². The lowest BCUT2D eigenvalue weighted by Gasteiger charge is -2.17. The molecule has 1 amide bonds. The number of β-amino-alcohol motifs (C(OH)–C–C–N with tert-alkyl or cyclic N) is 1. The zero-order chi connectivity index (χ0) is 15.6. The Morgan fingerprint density at radius 2 is 2.19 bits per heavy atom. The highest BCUT2D eigenvalue weighted by molar-refractivity contribution is 5.76. The monoisotopic (exact) mass is 296 g/mol. The number of rotatable bonds is 4. The fourth-order valence-corrected chi connectivity index (χ4v) is 2.49. The molecule has 0 radical (unpaired) electrons. The first-order chi connectivity index (χ1) is 9.93. The number of hydrogen-bond donors (Lipinski definition) is 3. The third-order valence-electron chi connectivity index (χ3n) is 3.71. The normalized spacial score (nSPS) is 21.8. The van der Waals surface area contributed by atoms with Gasteiger partial charge in [-0.2, -0.15) is 0 Å². The van der Waals surface area contributed by atoms with E-state index in [0.29, 0.717) is 24.9 Å². The molecule has 2 atom stereocenters. The maximum Gasteiger partial charge on any atom is 0.328 e. The van der Waals surface area contributed by atoms with Crippen molar-refractivity contribution >= 4 is 5.91 Å². The van der Waals surface area contributed by atoms with Gasteiger partial charge in [0, 0.05) is 31.3 Å². The number of hydrogen-bond acceptors (Lipinski definition) is 5. The Hall–Kier alpha value is -1.93. The Balaban J connectivity index is 2.19. The standard InChI is InChI=1S/C13H20N4O4/c1-8-5-17(13(21)15-12(8)20)9-6-16(7-10(9)18)11(19)3-2-4-14/h5,9-10,18H,2-4,6-7,14H2,1H3,(H,15,20,21)/t9-,10-/m1/s1. The molecule has 2 rings (SSSR count). The number of nitrogens with zero attached hydrogens (tertiary/aromatic N) is 2. The van der Waals surface area contributed by atoms with Gasteiger partial charge in [0.15, 0.2) is 0 Å². The number of carbonyl (C=O) groups excluding carboxylic acids is 1. The molecule has 1 aliphatic rings. The number of nitrogens with one attached hydrogen (secondary N) is 1. The van der Waals surface area contributed by atoms with E-state index in [1.165, 1.54) is 15.7 Å². The molecule has 0 aromatic carbocycles. The molecule has 0 spiro atoms. The van der Waals surface area contributed by atoms with Crippen molar-refractivity contribution in [3.05, 3.63) is 32.6 Å². The quantitative estimate of drug-likeness (QED) is 0.613. The number of likely N-dealkylation sites (tertiary alicyclic amines) is 1. The smallest absolute Gasteiger partial charge is 0.328 e. The van der Waals surface area contributed by atoms with E-state index in [4.69, 9.17) is 5.73 Å². The molecule has 1 aliphatic heterocycles. The molecule has 0 aliphatic carbocycles. The van der Waals surface area contributed by atoms with Crippen LogP contribution in [-0.4, -0.2) is 51.2 Å². The van der Waals surface area contributed by atoms with Crippen LogP contribution in [0.15, 0.2) is 15.8 Å². The maximum absolute atomic E-state index is 11.9. The molecule has 2 heterocycles. The SMILES string of the molecule is Cc1cn([C@@H]2CN(C(=O)CCCN)C[C@H]2O)c(=O)[nH]c1=O. The highest BCUT2D eigenvalue weighted by atomic mass is 16.3. The lowest BCUT2D eigenvalue weighted by molar-refractivity contribution is -0.130. The molecule has 1 fully saturated rings. The van der Waals surface area contributed by atoms with Crippen LogP contribution in [0.4, 0.5) is 0 Å². The number of amides is 1. The molecule has 8 nitrogen and oxygen atoms in total. The van der Waals surface area contributed by atoms with E-state index in [9.17, 15) is 19.5 Å². The van der Waals surface area contributed by atoms with Crippen molar-refractivity contribution in [1.29, 1.82) is 0 Å². The number of aromatic amines is 1. The van der Waals surface area contributed by atoms with Gasteiger partial charge in [-0.1, -0.05) is 0 Å². The number of aromatic nitrogens is 2. The average Bonchev–Trinajstić information content (AvgIpc) is 2.82. The Labute approximate surface area is 121 Å². The summed E-state index contributed by atoms with van der Waals surface area (Å²) in [5.41, 5.74) is 4.73. The topological polar surface area (TPSA) is 121 Å². The number of carbonyl (C=O) groups is 1. The molecule has 0 bridgehead atoms. The van der Waals surface area contributed by atoms with Crippen molar-refractivity contribution in [3.63, 3.8) is 0 Å². The summed E-state index contributed by atoms with van der Waals surface area (Å²) in [6.07, 6.45) is 1.50. The summed E-state index contributed by atoms with van der Waals surface area (Å²) in [5.74, 6) is -0.0869. The Kier molecular flexibility index (Phi) is 4.59. The lowest BCUT2D eigenvalue weighted by atomic mass is 10.2. The zero-order valence-corrected chi connectivity index (χ0v) is 11.9. The third kappa shape index (κ3) is 3.22. The van der Waals surface area contributed by atoms with E-state index < -0.39 is 23.4 Å². The van der Waals surface area contributed by atoms with Gasteiger partial charge in [-0.15, -0.1) is 0 Å². The molecule has 1 aromatic heterocycles. The predicted molar refractivity (Wildman–Crippen MR) is 76.0 cm³/mol. The molecule has 21 heavy (non-hydrogen) atoms. The second-order valence-corrected chi connectivity index (χ2v) is 5.30. The van der Waals surface area contributed by atoms with E-state index in [0.717, 1.165) is 0 Å². The van der Waals surface area contributed by atoms with E-state index in [1.54, 1.807) is 6.92 Å². The van der Waals surface area contributed by atoms with Gasteiger partial charge in [0.1, 0.15) is 0 Å². The summed E-state index contributed by atoms with van der Waals surface area (Å²) in [4.78, 5) is 38.9. The Morgan fingerprint density at radius 1 is 1.48 bits per heavy atom. The highest BCUT2D eigenvalue weighted by Crippen LogP contribution is 2.21. The number of H-pyrrole nitrogens is 1. The average molecular weight is 296 g/mol. The highest BCUT2D eigenvalue weighted by Gasteiger charge is 2.35. The van der Waals surface area contributed by atoms with Crippen molar-refractivity contribution in [3.8, 4) is 0 Å². The lowest BCUT2D eigenvalue weighted by Crippen LogP contribution is -2.37. The van der Waals surface area contributed by atoms with Crippen LogP contribution in [0.3, 0.4) is 0 Å². The molecule has 8 heteroatoms. The molecule has 1 aromatic rings. The van der Waals surface area contributed by atoms with Gasteiger partial charge in [0.25, 0.3) is 5.56 Å². The summed E-state index contributed by atoms with van der Waals surface area (Å²) < 4.78 is 1.29. The number of nitrogens with two attached hydrogens (primary N) is 1. The molecule has 0 saturated carbocycles. The van der Waals surface area contributed by atoms with Crippen LogP contribution in [0.2, 0.25) is 0 Å². The summed E-state index contributed by atoms with van der Waals surface area (Å²) in [6, 6.07) is -0.546. The van der Waals surface area contributed by atoms with Crippen molar-refractivity contribution in [2.75, 3.05) is 19.6 Å². The summed E-state index contributed by atoms with van der Waals surface area (Å²) in [7, 11) is 0. The first-order valence-corrected chi connectivity index (χ1v) is 6.92. The Morgan fingerprint density at radius 3 is 2.86 bits per heavy atom. The number of aliphatic hydroxyl groups is 1. The minimum Gasteiger partial charge on any atom is -0.389 e. The van der Waals surface area contributed by atoms with Gasteiger partial charge in [-0.25, -0.2) is 4.79 Å². The second kappa shape index (κ2) is 6.23. The first-order valence-electron chi connectivity index (χ1n) is 6.92. The number of aryl methyl sites for hydroxylation is 1. The number of aliphatic hydroxyl groups excluding tert-OH is 1. The molecular weight excluding hydrogens is 276 g/mol. The third-order valence-corrected chi connectivity index (χ3v) is 3.71. The van der Waals surface area contributed by atoms with E-state index in [2.05, 4.69) is 4.98 Å². The minimum absolute atomic E-state index is 0.0869. The van der Waals surface area contributed by atoms with Gasteiger partial charge in [0.05, 0.1) is 12.1 Å². The minimum atomic E-state index is -0.838. The zero-order valence-electron chi connectivity index (χ0n) is 11.9. The van der Waals surface area contributed by atoms with Crippen LogP contribution in [-0.2, 0) is 4.79 Å². The summed E-state index contributed by atoms with van der Waals surface area (Å²) in [5, 5.41) is 10.1. The van der Waals surface area contributed by atoms with E-state index >= 15 is 0 Å². The predicted octanol–water partition coefficient (Wildman–Crippen LogP) is -1.67. The van der Waals surface area contributed by atoms with Crippen LogP contribution >= 0.6 is 0 Å². The van der Waals surface area contributed by atoms with Gasteiger partial charge < -0.3 is 15.7 Å². The summed E-state index contributed by atoms with van der Waals surface area (Å²) >= 11 is 0. The molecule has 0 unspecified atom stereocenters. The Bertz CT molecular complexity index is 636. The van der Waals surface area contributed by atoms with E-state index in [-0.39, 0.29) is 19.0 Å². The van der Waals surface area contributed by atoms with Crippen LogP contribution < -0.4 is 17.0 Å². The fourth-order valence-electron chi connectivity index (χ4n) is 2.49. The fraction of sp³-hybridized carbons (Fsp3) is 0.615. The molecule has 116 valence electrons. The van der Waals surface area contributed by atoms with Gasteiger partial charge in [-0.05, 0) is 19.9 Å². The summed E-state index contributed by atoms with van der Waals surface area (Å²) in [6.45, 7) is 2.44. The molecule has 4 N–H and O–H groups in total. The second-order valence-electron chi connectivity index (χ2n) is 5.30. The van der Waals surface area contributed by atoms with Crippen molar-refractivity contribution in [1.82, 2.24) is 14.5 Å². The molecule has 1 saturated heterocycles. The van der Waals surface area contributed by atoms with Crippen molar-refractivity contribution in [2.45, 2.75) is 31.9 Å². The van der Waals surface area contributed by atoms with Crippen LogP contribution in [0.25, 0.3) is 0 Å². The van der Waals surface area contributed by atoms with E-state index in [1.807, 2.05) is 0 Å². The maximum atomic E-state index is 11.9.